The van der Waals surface area contributed by atoms with Crippen LogP contribution in [0.3, 0.4) is 0 Å². The number of ketones is 2. The molecule has 6 N–H and O–H groups in total. The molecular weight excluding hydrogens is 404 g/mol. The van der Waals surface area contributed by atoms with Crippen molar-refractivity contribution >= 4 is 23.0 Å². The summed E-state index contributed by atoms with van der Waals surface area (Å²) in [6.07, 6.45) is -3.09. The number of phenolic OH excluding ortho intramolecular Hbond substituents is 1. The topological polar surface area (TPSA) is 158 Å². The molecule has 1 aromatic carbocycles. The lowest BCUT2D eigenvalue weighted by Crippen LogP contribution is -2.57. The first-order valence-electron chi connectivity index (χ1n) is 8.86. The summed E-state index contributed by atoms with van der Waals surface area (Å²) in [5.41, 5.74) is -0.702. The fraction of sp³-hybridized carbons (Fsp3) is 0.250. The van der Waals surface area contributed by atoms with Crippen molar-refractivity contribution in [2.24, 2.45) is 17.6 Å². The van der Waals surface area contributed by atoms with Crippen LogP contribution in [0.4, 0.5) is 8.78 Å². The molecular formula is C20H15F2NO7. The number of allylic oxidation sites excluding steroid dienone is 3. The van der Waals surface area contributed by atoms with E-state index in [1.54, 1.807) is 0 Å². The number of Topliss-reactive ketones (excluding diaryl/α,β-unsaturated/α-hetero) is 2. The number of amides is 1. The molecule has 0 aromatic heterocycles. The Morgan fingerprint density at radius 2 is 1.83 bits per heavy atom. The zero-order chi connectivity index (χ0) is 22.1. The van der Waals surface area contributed by atoms with Gasteiger partial charge in [-0.2, -0.15) is 8.78 Å². The molecule has 0 spiro atoms. The fourth-order valence-corrected chi connectivity index (χ4v) is 4.66. The minimum Gasteiger partial charge on any atom is -0.511 e. The van der Waals surface area contributed by atoms with Crippen molar-refractivity contribution in [2.45, 2.75) is 18.4 Å². The van der Waals surface area contributed by atoms with Gasteiger partial charge in [0.1, 0.15) is 22.8 Å². The van der Waals surface area contributed by atoms with Crippen molar-refractivity contribution in [3.63, 3.8) is 0 Å². The van der Waals surface area contributed by atoms with Gasteiger partial charge in [-0.3, -0.25) is 14.4 Å². The van der Waals surface area contributed by atoms with Crippen molar-refractivity contribution < 1.29 is 43.6 Å². The summed E-state index contributed by atoms with van der Waals surface area (Å²) < 4.78 is 27.9. The van der Waals surface area contributed by atoms with Crippen LogP contribution in [0.25, 0.3) is 5.57 Å². The first-order valence-corrected chi connectivity index (χ1v) is 8.86. The van der Waals surface area contributed by atoms with Crippen LogP contribution in [-0.2, 0) is 9.59 Å². The van der Waals surface area contributed by atoms with Gasteiger partial charge in [0.15, 0.2) is 11.4 Å². The number of carbonyl (C=O) groups is 3. The zero-order valence-electron chi connectivity index (χ0n) is 15.1. The molecule has 3 atom stereocenters. The third kappa shape index (κ3) is 2.31. The Kier molecular flexibility index (Phi) is 4.11. The standard InChI is InChI=1S/C20H15F2NO7/c21-18(22)11-7-2-1-3-9(24)12(7)15(26)13-8(11)4-6-5-10(25)14(19(23)29)17(28)20(6,30)16(13)27/h1-3,6,8,24-25,27,30H,4-5H2,(H2,23,29)/t6-,8?,20-/m0/s1. The molecule has 156 valence electrons. The van der Waals surface area contributed by atoms with Crippen LogP contribution in [-0.4, -0.2) is 43.5 Å². The average molecular weight is 419 g/mol. The number of fused-ring (bicyclic) bond motifs is 3. The molecule has 8 nitrogen and oxygen atoms in total. The summed E-state index contributed by atoms with van der Waals surface area (Å²) in [6.45, 7) is 0. The molecule has 0 aliphatic heterocycles. The molecule has 3 aliphatic carbocycles. The van der Waals surface area contributed by atoms with Crippen LogP contribution in [0.5, 0.6) is 5.75 Å². The normalized spacial score (nSPS) is 28.2. The maximum atomic E-state index is 13.9. The molecule has 4 rings (SSSR count). The molecule has 30 heavy (non-hydrogen) atoms. The minimum absolute atomic E-state index is 0.230. The zero-order valence-corrected chi connectivity index (χ0v) is 15.1. The third-order valence-electron chi connectivity index (χ3n) is 5.98. The van der Waals surface area contributed by atoms with Gasteiger partial charge in [-0.25, -0.2) is 0 Å². The minimum atomic E-state index is -2.81. The summed E-state index contributed by atoms with van der Waals surface area (Å²) in [5, 5.41) is 42.0. The number of hydrogen-bond donors (Lipinski definition) is 5. The van der Waals surface area contributed by atoms with E-state index < -0.39 is 93.4 Å². The highest BCUT2D eigenvalue weighted by Crippen LogP contribution is 2.55. The van der Waals surface area contributed by atoms with Crippen molar-refractivity contribution in [1.82, 2.24) is 0 Å². The number of primary amides is 1. The first kappa shape index (κ1) is 19.8. The molecule has 1 amide bonds. The summed E-state index contributed by atoms with van der Waals surface area (Å²) in [7, 11) is 0. The van der Waals surface area contributed by atoms with Crippen LogP contribution in [0.15, 0.2) is 46.9 Å². The second kappa shape index (κ2) is 6.23. The van der Waals surface area contributed by atoms with E-state index in [1.165, 1.54) is 12.1 Å². The van der Waals surface area contributed by atoms with Gasteiger partial charge in [-0.15, -0.1) is 0 Å². The van der Waals surface area contributed by atoms with Crippen LogP contribution < -0.4 is 5.73 Å². The van der Waals surface area contributed by atoms with E-state index in [1.807, 2.05) is 0 Å². The van der Waals surface area contributed by atoms with Crippen molar-refractivity contribution in [3.8, 4) is 5.75 Å². The molecule has 1 aromatic rings. The highest BCUT2D eigenvalue weighted by molar-refractivity contribution is 6.25. The maximum absolute atomic E-state index is 13.9. The number of rotatable bonds is 1. The Labute approximate surface area is 167 Å². The van der Waals surface area contributed by atoms with Crippen LogP contribution in [0, 0.1) is 11.8 Å². The molecule has 0 fully saturated rings. The van der Waals surface area contributed by atoms with E-state index in [-0.39, 0.29) is 5.56 Å². The van der Waals surface area contributed by atoms with Crippen LogP contribution in [0.2, 0.25) is 0 Å². The second-order valence-corrected chi connectivity index (χ2v) is 7.44. The van der Waals surface area contributed by atoms with E-state index in [9.17, 15) is 43.6 Å². The molecule has 0 saturated heterocycles. The number of phenols is 1. The fourth-order valence-electron chi connectivity index (χ4n) is 4.66. The van der Waals surface area contributed by atoms with Gasteiger partial charge in [0.05, 0.1) is 5.56 Å². The molecule has 0 saturated carbocycles. The highest BCUT2D eigenvalue weighted by Gasteiger charge is 2.60. The number of aliphatic hydroxyl groups is 3. The largest absolute Gasteiger partial charge is 0.511 e. The molecule has 10 heteroatoms. The van der Waals surface area contributed by atoms with Gasteiger partial charge in [0, 0.05) is 29.4 Å². The Morgan fingerprint density at radius 3 is 2.43 bits per heavy atom. The van der Waals surface area contributed by atoms with E-state index in [4.69, 9.17) is 5.73 Å². The molecule has 0 heterocycles. The molecule has 0 bridgehead atoms. The van der Waals surface area contributed by atoms with E-state index in [0.29, 0.717) is 0 Å². The number of benzene rings is 1. The maximum Gasteiger partial charge on any atom is 0.274 e. The third-order valence-corrected chi connectivity index (χ3v) is 5.98. The number of aromatic hydroxyl groups is 1. The number of halogens is 2. The number of hydrogen-bond acceptors (Lipinski definition) is 7. The Balaban J connectivity index is 2.02. The Morgan fingerprint density at radius 1 is 1.17 bits per heavy atom. The first-order chi connectivity index (χ1) is 14.0. The van der Waals surface area contributed by atoms with Gasteiger partial charge < -0.3 is 26.2 Å². The average Bonchev–Trinajstić information content (AvgIpc) is 2.64. The van der Waals surface area contributed by atoms with Gasteiger partial charge in [-0.1, -0.05) is 12.1 Å². The summed E-state index contributed by atoms with van der Waals surface area (Å²) in [6, 6.07) is 3.58. The SMILES string of the molecule is NC(=O)C1=C(O)C[C@@H]2CC3C(=C(O)[C@]2(O)C1=O)C(=O)c1c(O)cccc1C3=C(F)F. The molecule has 3 aliphatic rings. The van der Waals surface area contributed by atoms with Gasteiger partial charge >= 0.3 is 0 Å². The lowest BCUT2D eigenvalue weighted by Gasteiger charge is -2.45. The van der Waals surface area contributed by atoms with E-state index in [2.05, 4.69) is 0 Å². The Hall–Kier alpha value is -3.53. The van der Waals surface area contributed by atoms with Crippen molar-refractivity contribution in [2.75, 3.05) is 0 Å². The van der Waals surface area contributed by atoms with Gasteiger partial charge in [0.2, 0.25) is 5.78 Å². The van der Waals surface area contributed by atoms with Gasteiger partial charge in [-0.05, 0) is 18.1 Å². The van der Waals surface area contributed by atoms with Crippen LogP contribution >= 0.6 is 0 Å². The van der Waals surface area contributed by atoms with E-state index in [0.717, 1.165) is 6.07 Å². The quantitative estimate of drug-likeness (QED) is 0.433. The smallest absolute Gasteiger partial charge is 0.274 e. The Bertz CT molecular complexity index is 1150. The van der Waals surface area contributed by atoms with E-state index >= 15 is 0 Å². The predicted molar refractivity (Wildman–Crippen MR) is 96.2 cm³/mol. The number of aliphatic hydroxyl groups excluding tert-OH is 2. The molecule has 0 radical (unpaired) electrons. The highest BCUT2D eigenvalue weighted by atomic mass is 19.3. The number of carbonyl (C=O) groups excluding carboxylic acids is 3. The lowest BCUT2D eigenvalue weighted by atomic mass is 9.59. The monoisotopic (exact) mass is 419 g/mol. The summed E-state index contributed by atoms with van der Waals surface area (Å²) in [5.74, 6) is -9.06. The predicted octanol–water partition coefficient (Wildman–Crippen LogP) is 1.65. The number of nitrogens with two attached hydrogens (primary N) is 1. The second-order valence-electron chi connectivity index (χ2n) is 7.44. The van der Waals surface area contributed by atoms with Crippen LogP contribution in [0.1, 0.15) is 28.8 Å². The molecule has 1 unspecified atom stereocenters. The lowest BCUT2D eigenvalue weighted by molar-refractivity contribution is -0.143. The van der Waals surface area contributed by atoms with Crippen molar-refractivity contribution in [3.05, 3.63) is 58.1 Å². The van der Waals surface area contributed by atoms with Crippen molar-refractivity contribution in [1.29, 1.82) is 0 Å². The summed E-state index contributed by atoms with van der Waals surface area (Å²) in [4.78, 5) is 37.4. The summed E-state index contributed by atoms with van der Waals surface area (Å²) >= 11 is 0. The van der Waals surface area contributed by atoms with Gasteiger partial charge in [0.25, 0.3) is 12.0 Å².